The average molecular weight is 1110 g/mol. The van der Waals surface area contributed by atoms with Crippen molar-refractivity contribution in [1.82, 2.24) is 15.0 Å². The Hall–Kier alpha value is -6.85. The number of aromatic nitrogens is 3. The van der Waals surface area contributed by atoms with E-state index >= 15 is 4.39 Å². The van der Waals surface area contributed by atoms with Gasteiger partial charge in [0.25, 0.3) is 0 Å². The zero-order valence-electron chi connectivity index (χ0n) is 41.2. The number of pyridine rings is 3. The molecule has 10 rings (SSSR count). The molecule has 0 spiro atoms. The van der Waals surface area contributed by atoms with Crippen LogP contribution >= 0.6 is 0 Å². The van der Waals surface area contributed by atoms with Crippen LogP contribution in [-0.4, -0.2) is 15.0 Å². The number of fused-ring (bicyclic) bond motifs is 3. The van der Waals surface area contributed by atoms with Crippen molar-refractivity contribution in [3.05, 3.63) is 234 Å². The Morgan fingerprint density at radius 1 is 0.493 bits per heavy atom. The molecule has 0 aliphatic rings. The van der Waals surface area contributed by atoms with Crippen LogP contribution in [0.15, 0.2) is 181 Å². The van der Waals surface area contributed by atoms with Crippen LogP contribution in [0.1, 0.15) is 87.8 Å². The molecule has 0 radical (unpaired) electrons. The fraction of sp³-hybridized carbons (Fsp3) is 0.215. The van der Waals surface area contributed by atoms with Gasteiger partial charge in [-0.05, 0) is 111 Å². The van der Waals surface area contributed by atoms with Crippen LogP contribution in [0.4, 0.5) is 4.39 Å². The van der Waals surface area contributed by atoms with E-state index in [4.69, 9.17) is 19.4 Å². The van der Waals surface area contributed by atoms with Crippen molar-refractivity contribution < 1.29 is 28.9 Å². The van der Waals surface area contributed by atoms with Crippen molar-refractivity contribution in [2.75, 3.05) is 0 Å². The second-order valence-corrected chi connectivity index (χ2v) is 20.2. The topological polar surface area (TPSA) is 51.8 Å². The summed E-state index contributed by atoms with van der Waals surface area (Å²) in [4.78, 5) is 15.0. The third kappa shape index (κ3) is 10.1. The van der Waals surface area contributed by atoms with Crippen LogP contribution in [0.3, 0.4) is 0 Å². The van der Waals surface area contributed by atoms with E-state index in [9.17, 15) is 0 Å². The van der Waals surface area contributed by atoms with Crippen molar-refractivity contribution in [3.63, 3.8) is 0 Å². The van der Waals surface area contributed by atoms with Crippen LogP contribution in [0.2, 0.25) is 0 Å². The zero-order chi connectivity index (χ0) is 48.5. The fourth-order valence-electron chi connectivity index (χ4n) is 10.5. The van der Waals surface area contributed by atoms with Gasteiger partial charge in [-0.2, -0.15) is 0 Å². The van der Waals surface area contributed by atoms with Gasteiger partial charge in [0, 0.05) is 29.4 Å². The fourth-order valence-corrected chi connectivity index (χ4v) is 10.5. The molecule has 0 bridgehead atoms. The summed E-state index contributed by atoms with van der Waals surface area (Å²) >= 11 is 0. The predicted molar refractivity (Wildman–Crippen MR) is 284 cm³/mol. The maximum absolute atomic E-state index is 15.5. The van der Waals surface area contributed by atoms with E-state index in [1.165, 1.54) is 39.4 Å². The normalized spacial score (nSPS) is 12.0. The number of benzene rings is 6. The number of furan rings is 1. The van der Waals surface area contributed by atoms with Crippen LogP contribution in [0, 0.1) is 24.0 Å². The van der Waals surface area contributed by atoms with Gasteiger partial charge in [-0.1, -0.05) is 137 Å². The minimum Gasteiger partial charge on any atom is -0.500 e. The zero-order valence-corrected chi connectivity index (χ0v) is 43.6. The molecule has 4 heterocycles. The largest absolute Gasteiger partial charge is 3.00 e. The van der Waals surface area contributed by atoms with Crippen LogP contribution in [-0.2, 0) is 55.6 Å². The molecule has 4 nitrogen and oxygen atoms in total. The molecule has 0 aliphatic carbocycles. The number of hydrogen-bond donors (Lipinski definition) is 0. The minimum absolute atomic E-state index is 0. The van der Waals surface area contributed by atoms with E-state index in [0.717, 1.165) is 82.2 Å². The van der Waals surface area contributed by atoms with Gasteiger partial charge < -0.3 is 19.4 Å². The molecule has 0 atom stereocenters. The van der Waals surface area contributed by atoms with E-state index in [2.05, 4.69) is 133 Å². The molecular formula is C65H57FIrN3O. The van der Waals surface area contributed by atoms with Crippen LogP contribution < -0.4 is 0 Å². The molecule has 71 heavy (non-hydrogen) atoms. The van der Waals surface area contributed by atoms with Gasteiger partial charge >= 0.3 is 20.1 Å². The summed E-state index contributed by atoms with van der Waals surface area (Å²) in [5, 5.41) is 1.77. The molecule has 0 amide bonds. The molecule has 10 aromatic rings. The number of rotatable bonds is 15. The molecule has 0 fully saturated rings. The molecule has 0 N–H and O–H groups in total. The Kier molecular flexibility index (Phi) is 14.2. The SMILES string of the molecule is CCC(CC)(Cc1cc(CC(C)(C)c2ccc(-c3[c-]cccc3)nc2)cc(CC(C)(C)c2ccc(-c3[c-]cccc3)nc2)c1)c1ccc(-c2[c-]ccc3c2oc2c(-c4ccccc4)c(F)ccc23)nc1.[Ir+3]. The Morgan fingerprint density at radius 2 is 1.00 bits per heavy atom. The summed E-state index contributed by atoms with van der Waals surface area (Å²) in [7, 11) is 0. The van der Waals surface area contributed by atoms with E-state index in [0.29, 0.717) is 16.7 Å². The summed E-state index contributed by atoms with van der Waals surface area (Å²) < 4.78 is 22.1. The monoisotopic (exact) mass is 1110 g/mol. The van der Waals surface area contributed by atoms with E-state index in [1.807, 2.05) is 91.3 Å². The summed E-state index contributed by atoms with van der Waals surface area (Å²) in [6, 6.07) is 63.2. The van der Waals surface area contributed by atoms with Gasteiger partial charge in [0.2, 0.25) is 0 Å². The first-order chi connectivity index (χ1) is 33.9. The molecule has 0 unspecified atom stereocenters. The van der Waals surface area contributed by atoms with Crippen molar-refractivity contribution in [2.45, 2.75) is 89.9 Å². The van der Waals surface area contributed by atoms with Crippen molar-refractivity contribution in [3.8, 4) is 44.9 Å². The van der Waals surface area contributed by atoms with Gasteiger partial charge in [-0.15, -0.1) is 90.0 Å². The first kappa shape index (κ1) is 49.1. The van der Waals surface area contributed by atoms with Gasteiger partial charge in [-0.3, -0.25) is 0 Å². The molecule has 6 heteroatoms. The smallest absolute Gasteiger partial charge is 0.500 e. The van der Waals surface area contributed by atoms with E-state index in [1.54, 1.807) is 6.07 Å². The third-order valence-corrected chi connectivity index (χ3v) is 14.6. The summed E-state index contributed by atoms with van der Waals surface area (Å²) in [5.41, 5.74) is 14.7. The second-order valence-electron chi connectivity index (χ2n) is 20.2. The molecule has 0 aliphatic heterocycles. The van der Waals surface area contributed by atoms with Crippen molar-refractivity contribution >= 4 is 21.9 Å². The Labute approximate surface area is 431 Å². The standard InChI is InChI=1S/C65H57FN3O.Ir/c1-7-65(8-2,52-29-34-59(69-43-52)55-26-18-25-53-54-30-31-56(66)60(62(54)70-61(53)55)49-23-16-11-17-24-49)40-46-36-44(38-63(3,4)50-27-32-57(67-41-50)47-19-12-9-13-20-47)35-45(37-46)39-64(5,6)51-28-33-58(68-42-51)48-21-14-10-15-22-48;/h9-19,21,23-25,27-37,41-43H,7-8,38-40H2,1-6H3;/q-3;+3. The molecule has 4 aromatic heterocycles. The molecule has 0 saturated carbocycles. The molecule has 0 saturated heterocycles. The van der Waals surface area contributed by atoms with Gasteiger partial charge in [0.05, 0.1) is 11.1 Å². The maximum Gasteiger partial charge on any atom is 3.00 e. The van der Waals surface area contributed by atoms with Gasteiger partial charge in [-0.25, -0.2) is 4.39 Å². The summed E-state index contributed by atoms with van der Waals surface area (Å²) in [6.07, 6.45) is 10.6. The van der Waals surface area contributed by atoms with Gasteiger partial charge in [0.15, 0.2) is 0 Å². The van der Waals surface area contributed by atoms with Crippen molar-refractivity contribution in [2.24, 2.45) is 0 Å². The Bertz CT molecular complexity index is 3280. The van der Waals surface area contributed by atoms with E-state index < -0.39 is 0 Å². The quantitative estimate of drug-likeness (QED) is 0.0960. The Morgan fingerprint density at radius 3 is 1.51 bits per heavy atom. The predicted octanol–water partition coefficient (Wildman–Crippen LogP) is 16.3. The molecule has 354 valence electrons. The number of hydrogen-bond acceptors (Lipinski definition) is 4. The third-order valence-electron chi connectivity index (χ3n) is 14.6. The van der Waals surface area contributed by atoms with Crippen LogP contribution in [0.25, 0.3) is 66.8 Å². The maximum atomic E-state index is 15.5. The first-order valence-corrected chi connectivity index (χ1v) is 24.5. The Balaban J connectivity index is 0.00000624. The van der Waals surface area contributed by atoms with E-state index in [-0.39, 0.29) is 42.2 Å². The number of nitrogens with zero attached hydrogens (tertiary/aromatic N) is 3. The minimum atomic E-state index is -0.318. The summed E-state index contributed by atoms with van der Waals surface area (Å²) in [5.74, 6) is -0.318. The van der Waals surface area contributed by atoms with Crippen LogP contribution in [0.5, 0.6) is 0 Å². The summed E-state index contributed by atoms with van der Waals surface area (Å²) in [6.45, 7) is 13.9. The molecular weight excluding hydrogens is 1050 g/mol. The number of halogens is 1. The molecule has 6 aromatic carbocycles. The second kappa shape index (κ2) is 20.5. The first-order valence-electron chi connectivity index (χ1n) is 24.5. The van der Waals surface area contributed by atoms with Gasteiger partial charge in [0.1, 0.15) is 11.4 Å². The average Bonchev–Trinajstić information content (AvgIpc) is 3.77. The van der Waals surface area contributed by atoms with Crippen molar-refractivity contribution in [1.29, 1.82) is 0 Å².